The minimum atomic E-state index is -0.329. The van der Waals surface area contributed by atoms with Crippen molar-refractivity contribution in [2.75, 3.05) is 6.54 Å². The van der Waals surface area contributed by atoms with Crippen molar-refractivity contribution in [3.8, 4) is 0 Å². The van der Waals surface area contributed by atoms with Gasteiger partial charge in [-0.15, -0.1) is 0 Å². The second-order valence-electron chi connectivity index (χ2n) is 4.54. The lowest BCUT2D eigenvalue weighted by Gasteiger charge is -2.14. The summed E-state index contributed by atoms with van der Waals surface area (Å²) in [5.74, 6) is 0.722. The highest BCUT2D eigenvalue weighted by Gasteiger charge is 2.10. The van der Waals surface area contributed by atoms with Gasteiger partial charge in [0.05, 0.1) is 4.92 Å². The Morgan fingerprint density at radius 3 is 2.78 bits per heavy atom. The molecule has 0 aliphatic heterocycles. The van der Waals surface area contributed by atoms with E-state index in [1.165, 1.54) is 37.0 Å². The van der Waals surface area contributed by atoms with Crippen LogP contribution in [-0.4, -0.2) is 11.5 Å². The number of hydrogen-bond donors (Lipinski definition) is 1. The summed E-state index contributed by atoms with van der Waals surface area (Å²) in [5, 5.41) is 14.2. The number of unbranched alkanes of at least 4 members (excludes halogenated alkanes) is 1. The Hall–Kier alpha value is -0.940. The van der Waals surface area contributed by atoms with Gasteiger partial charge in [-0.05, 0) is 24.9 Å². The zero-order chi connectivity index (χ0) is 13.4. The van der Waals surface area contributed by atoms with E-state index in [-0.39, 0.29) is 9.92 Å². The van der Waals surface area contributed by atoms with Gasteiger partial charge < -0.3 is 5.32 Å². The van der Waals surface area contributed by atoms with Crippen LogP contribution < -0.4 is 5.32 Å². The maximum Gasteiger partial charge on any atom is 0.324 e. The van der Waals surface area contributed by atoms with E-state index in [4.69, 9.17) is 0 Å². The molecule has 1 aromatic heterocycles. The molecule has 0 spiro atoms. The Morgan fingerprint density at radius 1 is 1.44 bits per heavy atom. The lowest BCUT2D eigenvalue weighted by molar-refractivity contribution is -0.380. The van der Waals surface area contributed by atoms with Crippen LogP contribution in [0.25, 0.3) is 0 Å². The van der Waals surface area contributed by atoms with Crippen LogP contribution in [0.15, 0.2) is 12.1 Å². The lowest BCUT2D eigenvalue weighted by atomic mass is 9.99. The molecule has 1 N–H and O–H groups in total. The van der Waals surface area contributed by atoms with Crippen LogP contribution in [-0.2, 0) is 6.54 Å². The molecule has 0 aromatic carbocycles. The number of thiophene rings is 1. The zero-order valence-electron chi connectivity index (χ0n) is 11.1. The highest BCUT2D eigenvalue weighted by atomic mass is 32.1. The van der Waals surface area contributed by atoms with Crippen molar-refractivity contribution < 1.29 is 4.92 Å². The molecule has 0 saturated carbocycles. The van der Waals surface area contributed by atoms with Gasteiger partial charge >= 0.3 is 5.00 Å². The largest absolute Gasteiger partial charge is 0.324 e. The quantitative estimate of drug-likeness (QED) is 0.546. The van der Waals surface area contributed by atoms with E-state index >= 15 is 0 Å². The maximum absolute atomic E-state index is 10.6. The number of hydrogen-bond acceptors (Lipinski definition) is 4. The van der Waals surface area contributed by atoms with Crippen molar-refractivity contribution in [1.82, 2.24) is 5.32 Å². The molecule has 1 rings (SSSR count). The zero-order valence-corrected chi connectivity index (χ0v) is 12.0. The summed E-state index contributed by atoms with van der Waals surface area (Å²) in [4.78, 5) is 11.3. The van der Waals surface area contributed by atoms with E-state index < -0.39 is 0 Å². The molecular weight excluding hydrogens is 248 g/mol. The molecule has 0 aliphatic rings. The van der Waals surface area contributed by atoms with E-state index in [0.717, 1.165) is 23.9 Å². The van der Waals surface area contributed by atoms with Gasteiger partial charge in [-0.2, -0.15) is 0 Å². The van der Waals surface area contributed by atoms with Gasteiger partial charge in [-0.1, -0.05) is 44.4 Å². The Kier molecular flexibility index (Phi) is 6.90. The Labute approximate surface area is 113 Å². The molecule has 1 unspecified atom stereocenters. The van der Waals surface area contributed by atoms with Gasteiger partial charge in [0.1, 0.15) is 0 Å². The van der Waals surface area contributed by atoms with Crippen molar-refractivity contribution in [2.45, 2.75) is 46.1 Å². The molecule has 4 nitrogen and oxygen atoms in total. The summed E-state index contributed by atoms with van der Waals surface area (Å²) in [6, 6.07) is 3.42. The maximum atomic E-state index is 10.6. The number of nitrogens with one attached hydrogen (secondary N) is 1. The third kappa shape index (κ3) is 5.14. The fourth-order valence-corrected chi connectivity index (χ4v) is 2.69. The second-order valence-corrected chi connectivity index (χ2v) is 5.69. The Morgan fingerprint density at radius 2 is 2.22 bits per heavy atom. The topological polar surface area (TPSA) is 55.2 Å². The van der Waals surface area contributed by atoms with E-state index in [1.54, 1.807) is 6.07 Å². The van der Waals surface area contributed by atoms with E-state index in [1.807, 2.05) is 6.07 Å². The average Bonchev–Trinajstić information content (AvgIpc) is 2.82. The van der Waals surface area contributed by atoms with Gasteiger partial charge in [0.2, 0.25) is 0 Å². The van der Waals surface area contributed by atoms with Gasteiger partial charge in [0, 0.05) is 17.5 Å². The van der Waals surface area contributed by atoms with Crippen LogP contribution in [0.5, 0.6) is 0 Å². The Bertz CT molecular complexity index is 366. The molecule has 1 heterocycles. The summed E-state index contributed by atoms with van der Waals surface area (Å²) in [6.07, 6.45) is 4.99. The van der Waals surface area contributed by atoms with E-state index in [9.17, 15) is 10.1 Å². The van der Waals surface area contributed by atoms with Crippen LogP contribution in [0.2, 0.25) is 0 Å². The predicted molar refractivity (Wildman–Crippen MR) is 76.0 cm³/mol. The molecule has 0 aliphatic carbocycles. The minimum Gasteiger partial charge on any atom is -0.312 e. The van der Waals surface area contributed by atoms with Crippen molar-refractivity contribution >= 4 is 16.3 Å². The number of nitro groups is 1. The molecule has 5 heteroatoms. The summed E-state index contributed by atoms with van der Waals surface area (Å²) in [5.41, 5.74) is 0. The van der Waals surface area contributed by atoms with Gasteiger partial charge in [-0.3, -0.25) is 10.1 Å². The molecule has 0 amide bonds. The van der Waals surface area contributed by atoms with Crippen LogP contribution in [0.4, 0.5) is 5.00 Å². The first kappa shape index (κ1) is 15.1. The molecule has 102 valence electrons. The molecule has 0 saturated heterocycles. The standard InChI is InChI=1S/C13H22N2O2S/c1-3-5-6-11(4-2)9-14-10-12-7-8-13(18-12)15(16)17/h7-8,11,14H,3-6,9-10H2,1-2H3. The first-order valence-corrected chi connectivity index (χ1v) is 7.42. The molecule has 0 bridgehead atoms. The lowest BCUT2D eigenvalue weighted by Crippen LogP contribution is -2.21. The van der Waals surface area contributed by atoms with Crippen LogP contribution in [0.1, 0.15) is 44.4 Å². The summed E-state index contributed by atoms with van der Waals surface area (Å²) in [6.45, 7) is 6.17. The average molecular weight is 270 g/mol. The van der Waals surface area contributed by atoms with E-state index in [0.29, 0.717) is 0 Å². The fraction of sp³-hybridized carbons (Fsp3) is 0.692. The van der Waals surface area contributed by atoms with Crippen LogP contribution in [0.3, 0.4) is 0 Å². The number of rotatable bonds is 9. The predicted octanol–water partition coefficient (Wildman–Crippen LogP) is 3.96. The smallest absolute Gasteiger partial charge is 0.312 e. The molecule has 0 radical (unpaired) electrons. The highest BCUT2D eigenvalue weighted by Crippen LogP contribution is 2.23. The first-order valence-electron chi connectivity index (χ1n) is 6.61. The van der Waals surface area contributed by atoms with Gasteiger partial charge in [0.25, 0.3) is 0 Å². The Balaban J connectivity index is 2.28. The summed E-state index contributed by atoms with van der Waals surface area (Å²) >= 11 is 1.26. The van der Waals surface area contributed by atoms with Crippen molar-refractivity contribution in [1.29, 1.82) is 0 Å². The monoisotopic (exact) mass is 270 g/mol. The van der Waals surface area contributed by atoms with Crippen LogP contribution >= 0.6 is 11.3 Å². The van der Waals surface area contributed by atoms with Crippen molar-refractivity contribution in [3.63, 3.8) is 0 Å². The molecular formula is C13H22N2O2S. The first-order chi connectivity index (χ1) is 8.67. The SMILES string of the molecule is CCCCC(CC)CNCc1ccc([N+](=O)[O-])s1. The van der Waals surface area contributed by atoms with Gasteiger partial charge in [-0.25, -0.2) is 0 Å². The van der Waals surface area contributed by atoms with Crippen LogP contribution in [0, 0.1) is 16.0 Å². The molecule has 1 atom stereocenters. The van der Waals surface area contributed by atoms with Crippen molar-refractivity contribution in [3.05, 3.63) is 27.1 Å². The highest BCUT2D eigenvalue weighted by molar-refractivity contribution is 7.15. The van der Waals surface area contributed by atoms with Gasteiger partial charge in [0.15, 0.2) is 0 Å². The summed E-state index contributed by atoms with van der Waals surface area (Å²) < 4.78 is 0. The van der Waals surface area contributed by atoms with Crippen molar-refractivity contribution in [2.24, 2.45) is 5.92 Å². The normalized spacial score (nSPS) is 12.6. The second kappa shape index (κ2) is 8.21. The van der Waals surface area contributed by atoms with E-state index in [2.05, 4.69) is 19.2 Å². The number of nitrogens with zero attached hydrogens (tertiary/aromatic N) is 1. The third-order valence-corrected chi connectivity index (χ3v) is 4.14. The third-order valence-electron chi connectivity index (χ3n) is 3.10. The molecule has 0 fully saturated rings. The minimum absolute atomic E-state index is 0.227. The summed E-state index contributed by atoms with van der Waals surface area (Å²) in [7, 11) is 0. The molecule has 1 aromatic rings. The molecule has 18 heavy (non-hydrogen) atoms. The fourth-order valence-electron chi connectivity index (χ4n) is 1.90.